The molecule has 1 heterocycles. The molecule has 0 bridgehead atoms. The Morgan fingerprint density at radius 1 is 1.46 bits per heavy atom. The van der Waals surface area contributed by atoms with Crippen LogP contribution >= 0.6 is 11.6 Å². The first-order valence-corrected chi connectivity index (χ1v) is 8.69. The van der Waals surface area contributed by atoms with E-state index < -0.39 is 23.0 Å². The number of methoxy groups -OCH3 is 1. The molecule has 0 saturated heterocycles. The van der Waals surface area contributed by atoms with E-state index >= 15 is 0 Å². The van der Waals surface area contributed by atoms with Crippen LogP contribution in [0.3, 0.4) is 0 Å². The second kappa shape index (κ2) is 9.34. The first kappa shape index (κ1) is 21.4. The smallest absolute Gasteiger partial charge is 0.338 e. The summed E-state index contributed by atoms with van der Waals surface area (Å²) in [5, 5.41) is 13.9. The highest BCUT2D eigenvalue weighted by Crippen LogP contribution is 2.35. The number of nitro benzene ring substituents is 1. The molecule has 1 N–H and O–H groups in total. The van der Waals surface area contributed by atoms with E-state index in [4.69, 9.17) is 21.1 Å². The normalized spacial score (nSPS) is 16.6. The number of benzene rings is 1. The molecule has 150 valence electrons. The number of nitrogens with one attached hydrogen (secondary N) is 1. The van der Waals surface area contributed by atoms with Crippen molar-refractivity contribution >= 4 is 29.3 Å². The predicted molar refractivity (Wildman–Crippen MR) is 102 cm³/mol. The lowest BCUT2D eigenvalue weighted by Gasteiger charge is -2.34. The van der Waals surface area contributed by atoms with Crippen LogP contribution in [0.25, 0.3) is 0 Å². The Balaban J connectivity index is 2.52. The first-order chi connectivity index (χ1) is 13.3. The number of carbonyl (C=O) groups is 2. The van der Waals surface area contributed by atoms with Crippen molar-refractivity contribution in [2.75, 3.05) is 26.9 Å². The monoisotopic (exact) mass is 409 g/mol. The van der Waals surface area contributed by atoms with Crippen LogP contribution in [0.4, 0.5) is 10.5 Å². The van der Waals surface area contributed by atoms with Crippen molar-refractivity contribution in [2.45, 2.75) is 13.0 Å². The third-order valence-corrected chi connectivity index (χ3v) is 4.47. The number of hydrogen-bond donors (Lipinski definition) is 1. The van der Waals surface area contributed by atoms with E-state index in [9.17, 15) is 19.7 Å². The van der Waals surface area contributed by atoms with Crippen molar-refractivity contribution in [3.05, 3.63) is 62.8 Å². The van der Waals surface area contributed by atoms with Crippen LogP contribution in [0.5, 0.6) is 0 Å². The Morgan fingerprint density at radius 2 is 2.18 bits per heavy atom. The van der Waals surface area contributed by atoms with Gasteiger partial charge in [-0.25, -0.2) is 9.59 Å². The molecule has 1 aliphatic heterocycles. The molecule has 0 aliphatic carbocycles. The maximum absolute atomic E-state index is 12.7. The van der Waals surface area contributed by atoms with Crippen molar-refractivity contribution < 1.29 is 24.0 Å². The minimum absolute atomic E-state index is 0.0228. The fourth-order valence-corrected chi connectivity index (χ4v) is 2.98. The molecule has 0 unspecified atom stereocenters. The van der Waals surface area contributed by atoms with Crippen molar-refractivity contribution in [1.29, 1.82) is 0 Å². The third-order valence-electron chi connectivity index (χ3n) is 4.15. The molecule has 10 heteroatoms. The summed E-state index contributed by atoms with van der Waals surface area (Å²) in [5.74, 6) is -0.661. The second-order valence-electron chi connectivity index (χ2n) is 5.88. The SMILES string of the molecule is C=CCN1C(=O)N[C@H](c2ccc(Cl)c([N+](=O)[O-])c2)C(C(=O)OCCOC)=C1C. The largest absolute Gasteiger partial charge is 0.460 e. The molecule has 0 spiro atoms. The van der Waals surface area contributed by atoms with Crippen LogP contribution in [-0.2, 0) is 14.3 Å². The molecule has 1 aromatic carbocycles. The number of halogens is 1. The van der Waals surface area contributed by atoms with Gasteiger partial charge in [0.1, 0.15) is 11.6 Å². The maximum Gasteiger partial charge on any atom is 0.338 e. The highest BCUT2D eigenvalue weighted by atomic mass is 35.5. The average Bonchev–Trinajstić information content (AvgIpc) is 2.65. The van der Waals surface area contributed by atoms with Gasteiger partial charge in [0.25, 0.3) is 5.69 Å². The van der Waals surface area contributed by atoms with Gasteiger partial charge in [0.15, 0.2) is 0 Å². The lowest BCUT2D eigenvalue weighted by molar-refractivity contribution is -0.384. The molecule has 1 atom stereocenters. The van der Waals surface area contributed by atoms with E-state index in [2.05, 4.69) is 11.9 Å². The van der Waals surface area contributed by atoms with E-state index in [0.29, 0.717) is 11.3 Å². The van der Waals surface area contributed by atoms with Crippen LogP contribution in [0.1, 0.15) is 18.5 Å². The molecule has 0 radical (unpaired) electrons. The number of amides is 2. The molecule has 9 nitrogen and oxygen atoms in total. The standard InChI is InChI=1S/C18H20ClN3O6/c1-4-7-21-11(2)15(17(23)28-9-8-27-3)16(20-18(21)24)12-5-6-13(19)14(10-12)22(25)26/h4-6,10,16H,1,7-9H2,2-3H3,(H,20,24)/t16-/m1/s1. The Morgan fingerprint density at radius 3 is 2.79 bits per heavy atom. The van der Waals surface area contributed by atoms with Crippen LogP contribution in [0.15, 0.2) is 42.1 Å². The number of ether oxygens (including phenoxy) is 2. The Hall–Kier alpha value is -2.91. The number of nitrogens with zero attached hydrogens (tertiary/aromatic N) is 2. The minimum atomic E-state index is -0.931. The molecule has 1 aliphatic rings. The summed E-state index contributed by atoms with van der Waals surface area (Å²) in [6, 6.07) is 2.69. The summed E-state index contributed by atoms with van der Waals surface area (Å²) in [6.07, 6.45) is 1.52. The molecule has 0 saturated carbocycles. The average molecular weight is 410 g/mol. The predicted octanol–water partition coefficient (Wildman–Crippen LogP) is 2.96. The van der Waals surface area contributed by atoms with E-state index in [-0.39, 0.29) is 36.0 Å². The zero-order valence-corrected chi connectivity index (χ0v) is 16.2. The molecule has 2 amide bonds. The molecule has 2 rings (SSSR count). The van der Waals surface area contributed by atoms with Crippen LogP contribution in [0, 0.1) is 10.1 Å². The van der Waals surface area contributed by atoms with Gasteiger partial charge in [0, 0.05) is 25.4 Å². The van der Waals surface area contributed by atoms with E-state index in [0.717, 1.165) is 0 Å². The highest BCUT2D eigenvalue weighted by molar-refractivity contribution is 6.32. The first-order valence-electron chi connectivity index (χ1n) is 8.31. The minimum Gasteiger partial charge on any atom is -0.460 e. The summed E-state index contributed by atoms with van der Waals surface area (Å²) in [7, 11) is 1.47. The number of rotatable bonds is 8. The van der Waals surface area contributed by atoms with Crippen LogP contribution in [-0.4, -0.2) is 48.7 Å². The van der Waals surface area contributed by atoms with Crippen molar-refractivity contribution in [3.8, 4) is 0 Å². The number of urea groups is 1. The summed E-state index contributed by atoms with van der Waals surface area (Å²) < 4.78 is 10.1. The fourth-order valence-electron chi connectivity index (χ4n) is 2.79. The fraction of sp³-hybridized carbons (Fsp3) is 0.333. The summed E-state index contributed by atoms with van der Waals surface area (Å²) in [5.41, 5.74) is 0.537. The molecular formula is C18H20ClN3O6. The molecule has 0 aromatic heterocycles. The summed E-state index contributed by atoms with van der Waals surface area (Å²) >= 11 is 5.87. The Labute approximate surface area is 166 Å². The van der Waals surface area contributed by atoms with Gasteiger partial charge in [0.05, 0.1) is 23.1 Å². The molecule has 0 fully saturated rings. The van der Waals surface area contributed by atoms with Crippen LogP contribution < -0.4 is 5.32 Å². The van der Waals surface area contributed by atoms with E-state index in [1.165, 1.54) is 36.3 Å². The van der Waals surface area contributed by atoms with Gasteiger partial charge >= 0.3 is 12.0 Å². The van der Waals surface area contributed by atoms with Gasteiger partial charge < -0.3 is 14.8 Å². The van der Waals surface area contributed by atoms with Crippen LogP contribution in [0.2, 0.25) is 5.02 Å². The quantitative estimate of drug-likeness (QED) is 0.232. The number of hydrogen-bond acceptors (Lipinski definition) is 6. The molecular weight excluding hydrogens is 390 g/mol. The molecule has 1 aromatic rings. The zero-order chi connectivity index (χ0) is 20.8. The van der Waals surface area contributed by atoms with Gasteiger partial charge in [-0.15, -0.1) is 6.58 Å². The number of allylic oxidation sites excluding steroid dienone is 1. The topological polar surface area (TPSA) is 111 Å². The van der Waals surface area contributed by atoms with Gasteiger partial charge in [-0.2, -0.15) is 0 Å². The van der Waals surface area contributed by atoms with Crippen molar-refractivity contribution in [2.24, 2.45) is 0 Å². The number of carbonyl (C=O) groups excluding carboxylic acids is 2. The van der Waals surface area contributed by atoms with E-state index in [1.807, 2.05) is 0 Å². The molecule has 28 heavy (non-hydrogen) atoms. The Kier molecular flexibility index (Phi) is 7.13. The van der Waals surface area contributed by atoms with Crippen molar-refractivity contribution in [3.63, 3.8) is 0 Å². The summed E-state index contributed by atoms with van der Waals surface area (Å²) in [6.45, 7) is 5.62. The zero-order valence-electron chi connectivity index (χ0n) is 15.4. The van der Waals surface area contributed by atoms with E-state index in [1.54, 1.807) is 6.92 Å². The summed E-state index contributed by atoms with van der Waals surface area (Å²) in [4.78, 5) is 37.1. The van der Waals surface area contributed by atoms with Gasteiger partial charge in [-0.3, -0.25) is 15.0 Å². The van der Waals surface area contributed by atoms with Gasteiger partial charge in [0.2, 0.25) is 0 Å². The van der Waals surface area contributed by atoms with Gasteiger partial charge in [-0.1, -0.05) is 23.7 Å². The highest BCUT2D eigenvalue weighted by Gasteiger charge is 2.36. The third kappa shape index (κ3) is 4.49. The number of nitro groups is 1. The van der Waals surface area contributed by atoms with Crippen molar-refractivity contribution in [1.82, 2.24) is 10.2 Å². The maximum atomic E-state index is 12.7. The Bertz CT molecular complexity index is 839. The lowest BCUT2D eigenvalue weighted by Crippen LogP contribution is -2.48. The number of esters is 1. The lowest BCUT2D eigenvalue weighted by atomic mass is 9.94. The van der Waals surface area contributed by atoms with Gasteiger partial charge in [-0.05, 0) is 18.6 Å². The second-order valence-corrected chi connectivity index (χ2v) is 6.28.